The summed E-state index contributed by atoms with van der Waals surface area (Å²) in [5.74, 6) is 0.587. The number of aryl methyl sites for hydroxylation is 1. The fourth-order valence-electron chi connectivity index (χ4n) is 1.59. The minimum Gasteiger partial charge on any atom is -0.383 e. The van der Waals surface area contributed by atoms with Crippen LogP contribution in [0.15, 0.2) is 10.7 Å². The Balaban J connectivity index is 2.31. The molecule has 1 aromatic rings. The summed E-state index contributed by atoms with van der Waals surface area (Å²) in [6.07, 6.45) is 2.87. The number of hydrogen-bond donors (Lipinski definition) is 1. The molecule has 1 unspecified atom stereocenters. The number of halogens is 1. The van der Waals surface area contributed by atoms with Gasteiger partial charge >= 0.3 is 0 Å². The van der Waals surface area contributed by atoms with Crippen molar-refractivity contribution in [2.75, 3.05) is 26.8 Å². The Bertz CT molecular complexity index is 295. The van der Waals surface area contributed by atoms with Crippen molar-refractivity contribution in [3.8, 4) is 0 Å². The van der Waals surface area contributed by atoms with Gasteiger partial charge in [0.2, 0.25) is 0 Å². The van der Waals surface area contributed by atoms with E-state index in [1.807, 2.05) is 17.9 Å². The first-order chi connectivity index (χ1) is 7.65. The molecule has 0 fully saturated rings. The Hall–Kier alpha value is -0.390. The highest BCUT2D eigenvalue weighted by molar-refractivity contribution is 9.10. The lowest BCUT2D eigenvalue weighted by Crippen LogP contribution is -2.26. The molecule has 0 saturated heterocycles. The Kier molecular flexibility index (Phi) is 6.01. The predicted molar refractivity (Wildman–Crippen MR) is 68.5 cm³/mol. The molecule has 0 aromatic carbocycles. The standard InChI is InChI=1S/C11H20BrN3O/c1-9(7-13-4-5-16-3)6-11-10(12)8-14-15(11)2/h8-9,13H,4-7H2,1-3H3. The number of nitrogens with one attached hydrogen (secondary N) is 1. The van der Waals surface area contributed by atoms with Crippen LogP contribution >= 0.6 is 15.9 Å². The monoisotopic (exact) mass is 289 g/mol. The molecule has 92 valence electrons. The van der Waals surface area contributed by atoms with Gasteiger partial charge in [-0.3, -0.25) is 4.68 Å². The molecular weight excluding hydrogens is 270 g/mol. The quantitative estimate of drug-likeness (QED) is 0.775. The smallest absolute Gasteiger partial charge is 0.0635 e. The molecule has 0 spiro atoms. The second-order valence-electron chi connectivity index (χ2n) is 4.07. The highest BCUT2D eigenvalue weighted by Gasteiger charge is 2.10. The zero-order valence-electron chi connectivity index (χ0n) is 10.2. The van der Waals surface area contributed by atoms with E-state index < -0.39 is 0 Å². The van der Waals surface area contributed by atoms with Crippen molar-refractivity contribution in [3.63, 3.8) is 0 Å². The summed E-state index contributed by atoms with van der Waals surface area (Å²) in [6.45, 7) is 4.91. The highest BCUT2D eigenvalue weighted by Crippen LogP contribution is 2.18. The molecule has 0 saturated carbocycles. The van der Waals surface area contributed by atoms with Gasteiger partial charge in [0.1, 0.15) is 0 Å². The van der Waals surface area contributed by atoms with Gasteiger partial charge < -0.3 is 10.1 Å². The van der Waals surface area contributed by atoms with Crippen LogP contribution in [0.5, 0.6) is 0 Å². The van der Waals surface area contributed by atoms with Crippen LogP contribution in [0.4, 0.5) is 0 Å². The number of methoxy groups -OCH3 is 1. The summed E-state index contributed by atoms with van der Waals surface area (Å²) < 4.78 is 8.01. The van der Waals surface area contributed by atoms with Crippen LogP contribution in [0.25, 0.3) is 0 Å². The summed E-state index contributed by atoms with van der Waals surface area (Å²) >= 11 is 3.51. The Labute approximate surface area is 105 Å². The van der Waals surface area contributed by atoms with Gasteiger partial charge in [-0.05, 0) is 34.8 Å². The third-order valence-corrected chi connectivity index (χ3v) is 3.19. The number of ether oxygens (including phenoxy) is 1. The van der Waals surface area contributed by atoms with Crippen LogP contribution in [-0.2, 0) is 18.2 Å². The average Bonchev–Trinajstić information content (AvgIpc) is 2.56. The topological polar surface area (TPSA) is 39.1 Å². The van der Waals surface area contributed by atoms with Crippen molar-refractivity contribution in [1.82, 2.24) is 15.1 Å². The van der Waals surface area contributed by atoms with Crippen LogP contribution in [0, 0.1) is 5.92 Å². The predicted octanol–water partition coefficient (Wildman–Crippen LogP) is 1.60. The summed E-state index contributed by atoms with van der Waals surface area (Å²) in [5, 5.41) is 7.58. The summed E-state index contributed by atoms with van der Waals surface area (Å²) in [4.78, 5) is 0. The van der Waals surface area contributed by atoms with Crippen LogP contribution < -0.4 is 5.32 Å². The first kappa shape index (κ1) is 13.7. The van der Waals surface area contributed by atoms with E-state index in [2.05, 4.69) is 33.3 Å². The average molecular weight is 290 g/mol. The number of aromatic nitrogens is 2. The zero-order valence-corrected chi connectivity index (χ0v) is 11.7. The maximum absolute atomic E-state index is 4.98. The molecule has 1 atom stereocenters. The van der Waals surface area contributed by atoms with E-state index in [-0.39, 0.29) is 0 Å². The van der Waals surface area contributed by atoms with E-state index in [1.165, 1.54) is 5.69 Å². The molecule has 4 nitrogen and oxygen atoms in total. The first-order valence-electron chi connectivity index (χ1n) is 5.51. The Morgan fingerprint density at radius 2 is 2.38 bits per heavy atom. The molecule has 1 aromatic heterocycles. The normalized spacial score (nSPS) is 13.0. The second kappa shape index (κ2) is 7.04. The molecule has 0 aliphatic rings. The molecular formula is C11H20BrN3O. The maximum Gasteiger partial charge on any atom is 0.0635 e. The number of rotatable bonds is 7. The van der Waals surface area contributed by atoms with Gasteiger partial charge in [-0.25, -0.2) is 0 Å². The SMILES string of the molecule is COCCNCC(C)Cc1c(Br)cnn1C. The minimum absolute atomic E-state index is 0.587. The number of nitrogens with zero attached hydrogens (tertiary/aromatic N) is 2. The van der Waals surface area contributed by atoms with Gasteiger partial charge in [0.25, 0.3) is 0 Å². The third kappa shape index (κ3) is 4.23. The van der Waals surface area contributed by atoms with Crippen molar-refractivity contribution < 1.29 is 4.74 Å². The minimum atomic E-state index is 0.587. The maximum atomic E-state index is 4.98. The van der Waals surface area contributed by atoms with Gasteiger partial charge in [-0.15, -0.1) is 0 Å². The van der Waals surface area contributed by atoms with Crippen molar-refractivity contribution in [2.45, 2.75) is 13.3 Å². The fraction of sp³-hybridized carbons (Fsp3) is 0.727. The van der Waals surface area contributed by atoms with Crippen LogP contribution in [-0.4, -0.2) is 36.6 Å². The third-order valence-electron chi connectivity index (χ3n) is 2.53. The van der Waals surface area contributed by atoms with Crippen LogP contribution in [0.1, 0.15) is 12.6 Å². The fourth-order valence-corrected chi connectivity index (χ4v) is 2.10. The van der Waals surface area contributed by atoms with Gasteiger partial charge in [-0.2, -0.15) is 5.10 Å². The van der Waals surface area contributed by atoms with Gasteiger partial charge in [0, 0.05) is 20.7 Å². The molecule has 5 heteroatoms. The first-order valence-corrected chi connectivity index (χ1v) is 6.30. The molecule has 16 heavy (non-hydrogen) atoms. The molecule has 1 heterocycles. The molecule has 1 N–H and O–H groups in total. The van der Waals surface area contributed by atoms with Crippen molar-refractivity contribution in [1.29, 1.82) is 0 Å². The van der Waals surface area contributed by atoms with Crippen LogP contribution in [0.2, 0.25) is 0 Å². The van der Waals surface area contributed by atoms with Crippen LogP contribution in [0.3, 0.4) is 0 Å². The lowest BCUT2D eigenvalue weighted by molar-refractivity contribution is 0.198. The summed E-state index contributed by atoms with van der Waals surface area (Å²) in [5.41, 5.74) is 1.25. The van der Waals surface area contributed by atoms with E-state index in [1.54, 1.807) is 7.11 Å². The highest BCUT2D eigenvalue weighted by atomic mass is 79.9. The Morgan fingerprint density at radius 1 is 1.62 bits per heavy atom. The van der Waals surface area contributed by atoms with E-state index in [0.29, 0.717) is 5.92 Å². The van der Waals surface area contributed by atoms with E-state index in [9.17, 15) is 0 Å². The lowest BCUT2D eigenvalue weighted by Gasteiger charge is -2.13. The molecule has 0 amide bonds. The van der Waals surface area contributed by atoms with E-state index in [0.717, 1.165) is 30.6 Å². The Morgan fingerprint density at radius 3 is 2.94 bits per heavy atom. The van der Waals surface area contributed by atoms with Gasteiger partial charge in [0.15, 0.2) is 0 Å². The van der Waals surface area contributed by atoms with Gasteiger partial charge in [0.05, 0.1) is 23.0 Å². The summed E-state index contributed by atoms with van der Waals surface area (Å²) in [7, 11) is 3.70. The van der Waals surface area contributed by atoms with Crippen molar-refractivity contribution in [2.24, 2.45) is 13.0 Å². The molecule has 1 rings (SSSR count). The molecule has 0 bridgehead atoms. The van der Waals surface area contributed by atoms with Crippen molar-refractivity contribution in [3.05, 3.63) is 16.4 Å². The second-order valence-corrected chi connectivity index (χ2v) is 4.92. The largest absolute Gasteiger partial charge is 0.383 e. The van der Waals surface area contributed by atoms with Gasteiger partial charge in [-0.1, -0.05) is 6.92 Å². The zero-order chi connectivity index (χ0) is 12.0. The number of hydrogen-bond acceptors (Lipinski definition) is 3. The lowest BCUT2D eigenvalue weighted by atomic mass is 10.1. The van der Waals surface area contributed by atoms with Crippen molar-refractivity contribution >= 4 is 15.9 Å². The molecule has 0 aliphatic heterocycles. The summed E-state index contributed by atoms with van der Waals surface area (Å²) in [6, 6.07) is 0. The van der Waals surface area contributed by atoms with E-state index >= 15 is 0 Å². The molecule has 0 radical (unpaired) electrons. The van der Waals surface area contributed by atoms with E-state index in [4.69, 9.17) is 4.74 Å². The molecule has 0 aliphatic carbocycles.